The van der Waals surface area contributed by atoms with Crippen molar-refractivity contribution in [1.82, 2.24) is 10.2 Å². The highest BCUT2D eigenvalue weighted by atomic mass is 16.5. The van der Waals surface area contributed by atoms with Gasteiger partial charge in [-0.3, -0.25) is 4.90 Å². The second kappa shape index (κ2) is 8.40. The van der Waals surface area contributed by atoms with Crippen LogP contribution in [-0.4, -0.2) is 37.2 Å². The van der Waals surface area contributed by atoms with E-state index in [2.05, 4.69) is 62.2 Å². The third-order valence-electron chi connectivity index (χ3n) is 3.31. The Kier molecular flexibility index (Phi) is 7.20. The smallest absolute Gasteiger partial charge is 0.0589 e. The van der Waals surface area contributed by atoms with Gasteiger partial charge in [0.05, 0.1) is 6.61 Å². The molecule has 1 N–H and O–H groups in total. The lowest BCUT2D eigenvalue weighted by Crippen LogP contribution is -2.35. The summed E-state index contributed by atoms with van der Waals surface area (Å²) < 4.78 is 5.14. The van der Waals surface area contributed by atoms with E-state index in [9.17, 15) is 0 Å². The van der Waals surface area contributed by atoms with Crippen LogP contribution in [-0.2, 0) is 17.8 Å². The van der Waals surface area contributed by atoms with Crippen LogP contribution in [0.3, 0.4) is 0 Å². The number of hydrogen-bond acceptors (Lipinski definition) is 3. The zero-order chi connectivity index (χ0) is 15.0. The van der Waals surface area contributed by atoms with Gasteiger partial charge in [-0.1, -0.05) is 31.2 Å². The summed E-state index contributed by atoms with van der Waals surface area (Å²) in [5, 5.41) is 3.51. The molecule has 0 aromatic heterocycles. The summed E-state index contributed by atoms with van der Waals surface area (Å²) in [5.41, 5.74) is 2.86. The summed E-state index contributed by atoms with van der Waals surface area (Å²) in [5.74, 6) is 0. The maximum atomic E-state index is 5.14. The van der Waals surface area contributed by atoms with E-state index in [1.807, 2.05) is 0 Å². The first kappa shape index (κ1) is 17.2. The maximum absolute atomic E-state index is 5.14. The second-order valence-corrected chi connectivity index (χ2v) is 6.28. The molecule has 1 rings (SSSR count). The van der Waals surface area contributed by atoms with Gasteiger partial charge in [0, 0.05) is 32.3 Å². The molecule has 3 heteroatoms. The highest BCUT2D eigenvalue weighted by Crippen LogP contribution is 2.09. The summed E-state index contributed by atoms with van der Waals surface area (Å²) in [7, 11) is 1.75. The molecule has 0 amide bonds. The SMILES string of the molecule is CCN(CCOC)Cc1ccc(CNC(C)(C)C)cc1. The largest absolute Gasteiger partial charge is 0.383 e. The van der Waals surface area contributed by atoms with Gasteiger partial charge in [-0.2, -0.15) is 0 Å². The normalized spacial score (nSPS) is 12.1. The van der Waals surface area contributed by atoms with E-state index in [1.165, 1.54) is 11.1 Å². The number of ether oxygens (including phenoxy) is 1. The Balaban J connectivity index is 2.49. The highest BCUT2D eigenvalue weighted by molar-refractivity contribution is 5.22. The summed E-state index contributed by atoms with van der Waals surface area (Å²) in [4.78, 5) is 2.39. The van der Waals surface area contributed by atoms with Crippen LogP contribution < -0.4 is 5.32 Å². The fourth-order valence-corrected chi connectivity index (χ4v) is 1.96. The lowest BCUT2D eigenvalue weighted by molar-refractivity contribution is 0.147. The first-order chi connectivity index (χ1) is 9.44. The van der Waals surface area contributed by atoms with E-state index >= 15 is 0 Å². The van der Waals surface area contributed by atoms with Gasteiger partial charge in [-0.15, -0.1) is 0 Å². The van der Waals surface area contributed by atoms with Gasteiger partial charge in [0.25, 0.3) is 0 Å². The summed E-state index contributed by atoms with van der Waals surface area (Å²) in [6.45, 7) is 13.5. The Morgan fingerprint density at radius 1 is 1.10 bits per heavy atom. The quantitative estimate of drug-likeness (QED) is 0.791. The fourth-order valence-electron chi connectivity index (χ4n) is 1.96. The molecule has 0 saturated heterocycles. The molecule has 114 valence electrons. The third kappa shape index (κ3) is 7.04. The van der Waals surface area contributed by atoms with Crippen molar-refractivity contribution in [3.8, 4) is 0 Å². The Bertz CT molecular complexity index is 368. The Labute approximate surface area is 124 Å². The van der Waals surface area contributed by atoms with Crippen LogP contribution in [0.2, 0.25) is 0 Å². The summed E-state index contributed by atoms with van der Waals surface area (Å²) in [6.07, 6.45) is 0. The van der Waals surface area contributed by atoms with Gasteiger partial charge in [-0.05, 0) is 38.4 Å². The predicted molar refractivity (Wildman–Crippen MR) is 85.9 cm³/mol. The molecular formula is C17H30N2O. The Morgan fingerprint density at radius 2 is 1.70 bits per heavy atom. The molecule has 0 heterocycles. The second-order valence-electron chi connectivity index (χ2n) is 6.28. The van der Waals surface area contributed by atoms with E-state index in [0.29, 0.717) is 0 Å². The van der Waals surface area contributed by atoms with Crippen molar-refractivity contribution in [3.05, 3.63) is 35.4 Å². The minimum absolute atomic E-state index is 0.165. The van der Waals surface area contributed by atoms with Crippen LogP contribution in [0.25, 0.3) is 0 Å². The molecule has 0 fully saturated rings. The average Bonchev–Trinajstić information content (AvgIpc) is 2.41. The predicted octanol–water partition coefficient (Wildman–Crippen LogP) is 3.04. The minimum atomic E-state index is 0.165. The van der Waals surface area contributed by atoms with Gasteiger partial charge in [0.2, 0.25) is 0 Å². The number of hydrogen-bond donors (Lipinski definition) is 1. The number of methoxy groups -OCH3 is 1. The number of rotatable bonds is 8. The van der Waals surface area contributed by atoms with Crippen molar-refractivity contribution in [2.75, 3.05) is 26.8 Å². The van der Waals surface area contributed by atoms with Crippen molar-refractivity contribution in [1.29, 1.82) is 0 Å². The molecule has 0 bridgehead atoms. The zero-order valence-corrected chi connectivity index (χ0v) is 13.7. The summed E-state index contributed by atoms with van der Waals surface area (Å²) >= 11 is 0. The van der Waals surface area contributed by atoms with E-state index in [0.717, 1.165) is 32.8 Å². The van der Waals surface area contributed by atoms with Crippen molar-refractivity contribution in [2.45, 2.75) is 46.3 Å². The number of benzene rings is 1. The molecule has 0 saturated carbocycles. The highest BCUT2D eigenvalue weighted by Gasteiger charge is 2.08. The zero-order valence-electron chi connectivity index (χ0n) is 13.7. The molecule has 0 unspecified atom stereocenters. The molecule has 3 nitrogen and oxygen atoms in total. The molecule has 0 aliphatic rings. The van der Waals surface area contributed by atoms with E-state index in [-0.39, 0.29) is 5.54 Å². The first-order valence-electron chi connectivity index (χ1n) is 7.48. The molecule has 0 atom stereocenters. The van der Waals surface area contributed by atoms with Gasteiger partial charge in [0.15, 0.2) is 0 Å². The summed E-state index contributed by atoms with van der Waals surface area (Å²) in [6, 6.07) is 8.90. The third-order valence-corrected chi connectivity index (χ3v) is 3.31. The monoisotopic (exact) mass is 278 g/mol. The van der Waals surface area contributed by atoms with Crippen LogP contribution in [0.4, 0.5) is 0 Å². The van der Waals surface area contributed by atoms with Gasteiger partial charge in [0.1, 0.15) is 0 Å². The van der Waals surface area contributed by atoms with Gasteiger partial charge < -0.3 is 10.1 Å². The lowest BCUT2D eigenvalue weighted by atomic mass is 10.1. The van der Waals surface area contributed by atoms with Crippen LogP contribution in [0.5, 0.6) is 0 Å². The van der Waals surface area contributed by atoms with Crippen molar-refractivity contribution in [3.63, 3.8) is 0 Å². The first-order valence-corrected chi connectivity index (χ1v) is 7.48. The molecule has 1 aromatic rings. The Morgan fingerprint density at radius 3 is 2.20 bits per heavy atom. The van der Waals surface area contributed by atoms with Gasteiger partial charge in [-0.25, -0.2) is 0 Å². The van der Waals surface area contributed by atoms with Crippen LogP contribution in [0.1, 0.15) is 38.8 Å². The van der Waals surface area contributed by atoms with Crippen LogP contribution >= 0.6 is 0 Å². The van der Waals surface area contributed by atoms with E-state index in [4.69, 9.17) is 4.74 Å². The molecule has 20 heavy (non-hydrogen) atoms. The number of nitrogens with one attached hydrogen (secondary N) is 1. The van der Waals surface area contributed by atoms with E-state index < -0.39 is 0 Å². The lowest BCUT2D eigenvalue weighted by Gasteiger charge is -2.21. The van der Waals surface area contributed by atoms with E-state index in [1.54, 1.807) is 7.11 Å². The van der Waals surface area contributed by atoms with Crippen molar-refractivity contribution >= 4 is 0 Å². The fraction of sp³-hybridized carbons (Fsp3) is 0.647. The molecule has 0 aliphatic heterocycles. The Hall–Kier alpha value is -0.900. The average molecular weight is 278 g/mol. The molecule has 0 spiro atoms. The molecule has 1 aromatic carbocycles. The van der Waals surface area contributed by atoms with Gasteiger partial charge >= 0.3 is 0 Å². The van der Waals surface area contributed by atoms with Crippen molar-refractivity contribution in [2.24, 2.45) is 0 Å². The standard InChI is InChI=1S/C17H30N2O/c1-6-19(11-12-20-5)14-16-9-7-15(8-10-16)13-18-17(2,3)4/h7-10,18H,6,11-14H2,1-5H3. The minimum Gasteiger partial charge on any atom is -0.383 e. The van der Waals surface area contributed by atoms with Crippen LogP contribution in [0, 0.1) is 0 Å². The van der Waals surface area contributed by atoms with Crippen LogP contribution in [0.15, 0.2) is 24.3 Å². The maximum Gasteiger partial charge on any atom is 0.0589 e. The number of likely N-dealkylation sites (N-methyl/N-ethyl adjacent to an activating group) is 1. The number of nitrogens with zero attached hydrogens (tertiary/aromatic N) is 1. The topological polar surface area (TPSA) is 24.5 Å². The molecule has 0 radical (unpaired) electrons. The molecule has 0 aliphatic carbocycles. The molecular weight excluding hydrogens is 248 g/mol. The van der Waals surface area contributed by atoms with Crippen molar-refractivity contribution < 1.29 is 4.74 Å².